The molecule has 0 unspecified atom stereocenters. The SMILES string of the molecule is CCC1(CO)CCN(CCC(=O)Nc2cccc3ccccc23)CC1. The van der Waals surface area contributed by atoms with Gasteiger partial charge in [-0.2, -0.15) is 0 Å². The molecule has 134 valence electrons. The molecule has 2 aromatic rings. The summed E-state index contributed by atoms with van der Waals surface area (Å²) in [5.74, 6) is 0.0610. The Morgan fingerprint density at radius 1 is 1.16 bits per heavy atom. The molecule has 1 amide bonds. The van der Waals surface area contributed by atoms with Crippen LogP contribution >= 0.6 is 0 Å². The van der Waals surface area contributed by atoms with E-state index in [9.17, 15) is 9.90 Å². The Balaban J connectivity index is 1.52. The van der Waals surface area contributed by atoms with Crippen molar-refractivity contribution in [1.29, 1.82) is 0 Å². The third-order valence-corrected chi connectivity index (χ3v) is 5.72. The number of nitrogens with zero attached hydrogens (tertiary/aromatic N) is 1. The summed E-state index contributed by atoms with van der Waals surface area (Å²) < 4.78 is 0. The fraction of sp³-hybridized carbons (Fsp3) is 0.476. The molecule has 1 aliphatic rings. The summed E-state index contributed by atoms with van der Waals surface area (Å²) in [5.41, 5.74) is 0.980. The van der Waals surface area contributed by atoms with Gasteiger partial charge in [-0.05, 0) is 49.2 Å². The van der Waals surface area contributed by atoms with Gasteiger partial charge in [0, 0.05) is 30.6 Å². The molecule has 0 radical (unpaired) electrons. The molecule has 0 atom stereocenters. The van der Waals surface area contributed by atoms with Gasteiger partial charge in [0.1, 0.15) is 0 Å². The Morgan fingerprint density at radius 2 is 1.88 bits per heavy atom. The second kappa shape index (κ2) is 7.98. The monoisotopic (exact) mass is 340 g/mol. The first-order chi connectivity index (χ1) is 12.2. The third kappa shape index (κ3) is 4.20. The van der Waals surface area contributed by atoms with Crippen LogP contribution in [-0.2, 0) is 4.79 Å². The van der Waals surface area contributed by atoms with E-state index in [1.165, 1.54) is 0 Å². The van der Waals surface area contributed by atoms with Crippen LogP contribution in [0.25, 0.3) is 10.8 Å². The summed E-state index contributed by atoms with van der Waals surface area (Å²) in [6.45, 7) is 5.15. The van der Waals surface area contributed by atoms with E-state index in [1.54, 1.807) is 0 Å². The van der Waals surface area contributed by atoms with E-state index >= 15 is 0 Å². The maximum atomic E-state index is 12.4. The molecule has 1 heterocycles. The average molecular weight is 340 g/mol. The maximum absolute atomic E-state index is 12.4. The van der Waals surface area contributed by atoms with Crippen LogP contribution in [-0.4, -0.2) is 42.2 Å². The van der Waals surface area contributed by atoms with E-state index in [4.69, 9.17) is 0 Å². The van der Waals surface area contributed by atoms with Gasteiger partial charge >= 0.3 is 0 Å². The van der Waals surface area contributed by atoms with Gasteiger partial charge in [0.15, 0.2) is 0 Å². The lowest BCUT2D eigenvalue weighted by molar-refractivity contribution is -0.116. The predicted molar refractivity (Wildman–Crippen MR) is 103 cm³/mol. The van der Waals surface area contributed by atoms with Crippen molar-refractivity contribution in [3.05, 3.63) is 42.5 Å². The molecular weight excluding hydrogens is 312 g/mol. The van der Waals surface area contributed by atoms with Crippen molar-refractivity contribution in [2.75, 3.05) is 31.6 Å². The zero-order valence-corrected chi connectivity index (χ0v) is 15.0. The molecular formula is C21H28N2O2. The van der Waals surface area contributed by atoms with E-state index in [1.807, 2.05) is 30.3 Å². The number of aliphatic hydroxyl groups is 1. The Bertz CT molecular complexity index is 709. The highest BCUT2D eigenvalue weighted by Gasteiger charge is 2.32. The number of benzene rings is 2. The van der Waals surface area contributed by atoms with Crippen molar-refractivity contribution in [2.24, 2.45) is 5.41 Å². The summed E-state index contributed by atoms with van der Waals surface area (Å²) in [4.78, 5) is 14.7. The summed E-state index contributed by atoms with van der Waals surface area (Å²) >= 11 is 0. The van der Waals surface area contributed by atoms with Crippen molar-refractivity contribution in [1.82, 2.24) is 4.90 Å². The van der Waals surface area contributed by atoms with Crippen LogP contribution in [0.1, 0.15) is 32.6 Å². The second-order valence-corrected chi connectivity index (χ2v) is 7.18. The number of anilines is 1. The quantitative estimate of drug-likeness (QED) is 0.844. The number of hydrogen-bond acceptors (Lipinski definition) is 3. The molecule has 0 saturated carbocycles. The van der Waals surface area contributed by atoms with Crippen molar-refractivity contribution in [2.45, 2.75) is 32.6 Å². The Kier molecular flexibility index (Phi) is 5.71. The molecule has 25 heavy (non-hydrogen) atoms. The lowest BCUT2D eigenvalue weighted by Gasteiger charge is -2.40. The van der Waals surface area contributed by atoms with Crippen LogP contribution in [0, 0.1) is 5.41 Å². The molecule has 4 heteroatoms. The van der Waals surface area contributed by atoms with Crippen LogP contribution in [0.3, 0.4) is 0 Å². The first-order valence-electron chi connectivity index (χ1n) is 9.27. The fourth-order valence-corrected chi connectivity index (χ4v) is 3.68. The lowest BCUT2D eigenvalue weighted by atomic mass is 9.77. The van der Waals surface area contributed by atoms with Crippen molar-refractivity contribution in [3.8, 4) is 0 Å². The molecule has 1 saturated heterocycles. The zero-order chi connectivity index (χ0) is 17.7. The number of piperidine rings is 1. The van der Waals surface area contributed by atoms with Crippen LogP contribution in [0.5, 0.6) is 0 Å². The van der Waals surface area contributed by atoms with E-state index in [0.717, 1.165) is 55.4 Å². The average Bonchev–Trinajstić information content (AvgIpc) is 2.67. The predicted octanol–water partition coefficient (Wildman–Crippen LogP) is 3.65. The van der Waals surface area contributed by atoms with Gasteiger partial charge in [-0.1, -0.05) is 43.3 Å². The van der Waals surface area contributed by atoms with Crippen LogP contribution in [0.15, 0.2) is 42.5 Å². The fourth-order valence-electron chi connectivity index (χ4n) is 3.68. The summed E-state index contributed by atoms with van der Waals surface area (Å²) in [6.07, 6.45) is 3.57. The van der Waals surface area contributed by atoms with E-state index in [2.05, 4.69) is 29.3 Å². The number of carbonyl (C=O) groups excluding carboxylic acids is 1. The number of likely N-dealkylation sites (tertiary alicyclic amines) is 1. The van der Waals surface area contributed by atoms with Gasteiger partial charge < -0.3 is 15.3 Å². The van der Waals surface area contributed by atoms with Crippen LogP contribution in [0.2, 0.25) is 0 Å². The minimum absolute atomic E-state index is 0.0610. The smallest absolute Gasteiger partial charge is 0.225 e. The highest BCUT2D eigenvalue weighted by Crippen LogP contribution is 2.34. The summed E-state index contributed by atoms with van der Waals surface area (Å²) in [6, 6.07) is 14.1. The maximum Gasteiger partial charge on any atom is 0.225 e. The number of rotatable bonds is 6. The number of aliphatic hydroxyl groups excluding tert-OH is 1. The molecule has 3 rings (SSSR count). The number of carbonyl (C=O) groups is 1. The lowest BCUT2D eigenvalue weighted by Crippen LogP contribution is -2.42. The molecule has 2 aromatic carbocycles. The largest absolute Gasteiger partial charge is 0.396 e. The first kappa shape index (κ1) is 17.9. The number of fused-ring (bicyclic) bond motifs is 1. The molecule has 0 bridgehead atoms. The van der Waals surface area contributed by atoms with Crippen molar-refractivity contribution >= 4 is 22.4 Å². The van der Waals surface area contributed by atoms with E-state index < -0.39 is 0 Å². The Labute approximate surface area is 149 Å². The molecule has 1 aliphatic heterocycles. The highest BCUT2D eigenvalue weighted by atomic mass is 16.3. The number of nitrogens with one attached hydrogen (secondary N) is 1. The van der Waals surface area contributed by atoms with Gasteiger partial charge in [-0.25, -0.2) is 0 Å². The molecule has 2 N–H and O–H groups in total. The van der Waals surface area contributed by atoms with Gasteiger partial charge in [-0.15, -0.1) is 0 Å². The van der Waals surface area contributed by atoms with Crippen molar-refractivity contribution < 1.29 is 9.90 Å². The topological polar surface area (TPSA) is 52.6 Å². The van der Waals surface area contributed by atoms with Crippen LogP contribution in [0.4, 0.5) is 5.69 Å². The standard InChI is InChI=1S/C21H28N2O2/c1-2-21(16-24)11-14-23(15-12-21)13-10-20(25)22-19-9-5-7-17-6-3-4-8-18(17)19/h3-9,24H,2,10-16H2,1H3,(H,22,25). The van der Waals surface area contributed by atoms with Crippen LogP contribution < -0.4 is 5.32 Å². The van der Waals surface area contributed by atoms with E-state index in [-0.39, 0.29) is 17.9 Å². The minimum Gasteiger partial charge on any atom is -0.396 e. The third-order valence-electron chi connectivity index (χ3n) is 5.72. The summed E-state index contributed by atoms with van der Waals surface area (Å²) in [7, 11) is 0. The second-order valence-electron chi connectivity index (χ2n) is 7.18. The van der Waals surface area contributed by atoms with Gasteiger partial charge in [-0.3, -0.25) is 4.79 Å². The van der Waals surface area contributed by atoms with Gasteiger partial charge in [0.2, 0.25) is 5.91 Å². The van der Waals surface area contributed by atoms with Gasteiger partial charge in [0.05, 0.1) is 0 Å². The highest BCUT2D eigenvalue weighted by molar-refractivity contribution is 6.02. The number of amides is 1. The first-order valence-corrected chi connectivity index (χ1v) is 9.27. The Hall–Kier alpha value is -1.91. The molecule has 0 spiro atoms. The zero-order valence-electron chi connectivity index (χ0n) is 15.0. The molecule has 1 fully saturated rings. The minimum atomic E-state index is 0.0610. The normalized spacial score (nSPS) is 17.5. The summed E-state index contributed by atoms with van der Waals surface area (Å²) in [5, 5.41) is 14.9. The number of hydrogen-bond donors (Lipinski definition) is 2. The van der Waals surface area contributed by atoms with E-state index in [0.29, 0.717) is 6.42 Å². The molecule has 4 nitrogen and oxygen atoms in total. The molecule has 0 aliphatic carbocycles. The van der Waals surface area contributed by atoms with Gasteiger partial charge in [0.25, 0.3) is 0 Å². The Morgan fingerprint density at radius 3 is 2.60 bits per heavy atom. The molecule has 0 aromatic heterocycles. The van der Waals surface area contributed by atoms with Crippen molar-refractivity contribution in [3.63, 3.8) is 0 Å².